The van der Waals surface area contributed by atoms with Gasteiger partial charge in [-0.15, -0.1) is 11.3 Å². The molecule has 2 rings (SSSR count). The highest BCUT2D eigenvalue weighted by molar-refractivity contribution is 7.09. The van der Waals surface area contributed by atoms with Gasteiger partial charge >= 0.3 is 0 Å². The number of hydrogen-bond donors (Lipinski definition) is 0. The number of benzene rings is 1. The van der Waals surface area contributed by atoms with Gasteiger partial charge in [-0.2, -0.15) is 20.5 Å². The maximum absolute atomic E-state index is 9.14. The van der Waals surface area contributed by atoms with Crippen LogP contribution in [0.5, 0.6) is 5.75 Å². The lowest BCUT2D eigenvalue weighted by atomic mass is 9.95. The van der Waals surface area contributed by atoms with E-state index >= 15 is 0 Å². The van der Waals surface area contributed by atoms with Crippen molar-refractivity contribution in [2.24, 2.45) is 9.98 Å². The van der Waals surface area contributed by atoms with Gasteiger partial charge in [0.05, 0.1) is 25.2 Å². The lowest BCUT2D eigenvalue weighted by molar-refractivity contribution is 0.414. The summed E-state index contributed by atoms with van der Waals surface area (Å²) >= 11 is 7.62. The molecule has 0 atom stereocenters. The van der Waals surface area contributed by atoms with Crippen LogP contribution in [0, 0.1) is 22.8 Å². The summed E-state index contributed by atoms with van der Waals surface area (Å²) in [5.74, 6) is 0.734. The fourth-order valence-electron chi connectivity index (χ4n) is 2.28. The van der Waals surface area contributed by atoms with Crippen LogP contribution in [0.2, 0.25) is 5.02 Å². The fraction of sp³-hybridized carbons (Fsp3) is 0.368. The Balaban J connectivity index is 2.68. The Kier molecular flexibility index (Phi) is 6.79. The van der Waals surface area contributed by atoms with Gasteiger partial charge in [0.15, 0.2) is 10.6 Å². The molecule has 0 saturated carbocycles. The van der Waals surface area contributed by atoms with Crippen LogP contribution in [0.4, 0.5) is 0 Å². The lowest BCUT2D eigenvalue weighted by Crippen LogP contribution is -2.17. The minimum Gasteiger partial charge on any atom is -0.496 e. The molecule has 2 aromatic rings. The number of aliphatic imine (C=N–C) groups is 1. The van der Waals surface area contributed by atoms with Gasteiger partial charge in [-0.3, -0.25) is 0 Å². The quantitative estimate of drug-likeness (QED) is 0.436. The molecule has 0 aliphatic heterocycles. The third-order valence-corrected chi connectivity index (χ3v) is 5.36. The van der Waals surface area contributed by atoms with Crippen molar-refractivity contribution >= 4 is 28.8 Å². The summed E-state index contributed by atoms with van der Waals surface area (Å²) in [5, 5.41) is 18.6. The Morgan fingerprint density at radius 2 is 2.07 bits per heavy atom. The van der Waals surface area contributed by atoms with E-state index in [1.807, 2.05) is 10.8 Å². The van der Waals surface area contributed by atoms with Crippen molar-refractivity contribution < 1.29 is 4.74 Å². The average molecular weight is 402 g/mol. The first-order chi connectivity index (χ1) is 12.8. The van der Waals surface area contributed by atoms with Crippen LogP contribution in [-0.2, 0) is 12.0 Å². The molecule has 0 bridgehead atoms. The Morgan fingerprint density at radius 3 is 2.67 bits per heavy atom. The lowest BCUT2D eigenvalue weighted by Gasteiger charge is -2.14. The van der Waals surface area contributed by atoms with E-state index in [2.05, 4.69) is 36.8 Å². The second-order valence-corrected chi connectivity index (χ2v) is 8.17. The first-order valence-corrected chi connectivity index (χ1v) is 9.42. The van der Waals surface area contributed by atoms with E-state index in [0.29, 0.717) is 34.1 Å². The monoisotopic (exact) mass is 401 g/mol. The normalized spacial score (nSPS) is 12.6. The van der Waals surface area contributed by atoms with Gasteiger partial charge in [0, 0.05) is 22.6 Å². The number of nitriles is 2. The fourth-order valence-corrected chi connectivity index (χ4v) is 3.53. The molecular weight excluding hydrogens is 382 g/mol. The zero-order valence-corrected chi connectivity index (χ0v) is 17.2. The SMILES string of the molecule is COc1ccc(Cl)cc1C(/N=c1\sc(C(C)(C)C)cn1CCC#N)=N\C#N. The predicted octanol–water partition coefficient (Wildman–Crippen LogP) is 4.25. The molecule has 6 nitrogen and oxygen atoms in total. The van der Waals surface area contributed by atoms with Crippen molar-refractivity contribution in [2.75, 3.05) is 7.11 Å². The van der Waals surface area contributed by atoms with Gasteiger partial charge in [-0.05, 0) is 23.6 Å². The maximum atomic E-state index is 9.14. The molecule has 1 heterocycles. The number of ether oxygens (including phenoxy) is 1. The molecule has 0 fully saturated rings. The van der Waals surface area contributed by atoms with Crippen LogP contribution in [0.3, 0.4) is 0 Å². The molecule has 8 heteroatoms. The minimum atomic E-state index is -0.0624. The van der Waals surface area contributed by atoms with Crippen LogP contribution in [-0.4, -0.2) is 17.5 Å². The van der Waals surface area contributed by atoms with Gasteiger partial charge in [0.1, 0.15) is 5.75 Å². The van der Waals surface area contributed by atoms with Crippen molar-refractivity contribution in [3.05, 3.63) is 44.7 Å². The van der Waals surface area contributed by atoms with Crippen LogP contribution in [0.1, 0.15) is 37.6 Å². The number of aromatic nitrogens is 1. The summed E-state index contributed by atoms with van der Waals surface area (Å²) in [7, 11) is 1.53. The molecule has 0 radical (unpaired) electrons. The molecule has 0 N–H and O–H groups in total. The van der Waals surface area contributed by atoms with Crippen molar-refractivity contribution in [3.63, 3.8) is 0 Å². The molecule has 0 aliphatic carbocycles. The number of methoxy groups -OCH3 is 1. The molecule has 1 aromatic heterocycles. The van der Waals surface area contributed by atoms with Crippen molar-refractivity contribution in [1.82, 2.24) is 4.57 Å². The van der Waals surface area contributed by atoms with Crippen LogP contribution in [0.25, 0.3) is 0 Å². The number of rotatable bonds is 4. The average Bonchev–Trinajstić information content (AvgIpc) is 3.02. The molecule has 0 unspecified atom stereocenters. The summed E-state index contributed by atoms with van der Waals surface area (Å²) < 4.78 is 7.28. The third-order valence-electron chi connectivity index (χ3n) is 3.68. The molecule has 1 aromatic carbocycles. The molecule has 0 amide bonds. The highest BCUT2D eigenvalue weighted by atomic mass is 35.5. The maximum Gasteiger partial charge on any atom is 0.207 e. The van der Waals surface area contributed by atoms with Crippen molar-refractivity contribution in [2.45, 2.75) is 39.2 Å². The first-order valence-electron chi connectivity index (χ1n) is 8.23. The number of thiazole rings is 1. The molecule has 140 valence electrons. The predicted molar refractivity (Wildman–Crippen MR) is 107 cm³/mol. The summed E-state index contributed by atoms with van der Waals surface area (Å²) in [6.07, 6.45) is 4.16. The van der Waals surface area contributed by atoms with Crippen LogP contribution in [0.15, 0.2) is 34.4 Å². The van der Waals surface area contributed by atoms with Crippen molar-refractivity contribution in [1.29, 1.82) is 10.5 Å². The Morgan fingerprint density at radius 1 is 1.33 bits per heavy atom. The molecule has 27 heavy (non-hydrogen) atoms. The van der Waals surface area contributed by atoms with Crippen LogP contribution >= 0.6 is 22.9 Å². The summed E-state index contributed by atoms with van der Waals surface area (Å²) in [6.45, 7) is 6.85. The number of hydrogen-bond acceptors (Lipinski definition) is 5. The van der Waals surface area contributed by atoms with Gasteiger partial charge in [0.2, 0.25) is 6.19 Å². The van der Waals surface area contributed by atoms with E-state index in [1.165, 1.54) is 18.4 Å². The van der Waals surface area contributed by atoms with Gasteiger partial charge in [-0.25, -0.2) is 0 Å². The van der Waals surface area contributed by atoms with E-state index in [9.17, 15) is 0 Å². The Bertz CT molecular complexity index is 999. The van der Waals surface area contributed by atoms with E-state index in [-0.39, 0.29) is 11.3 Å². The van der Waals surface area contributed by atoms with E-state index in [1.54, 1.807) is 24.4 Å². The summed E-state index contributed by atoms with van der Waals surface area (Å²) in [4.78, 5) is 10.3. The number of halogens is 1. The number of amidine groups is 1. The zero-order chi connectivity index (χ0) is 20.0. The topological polar surface area (TPSA) is 86.5 Å². The Hall–Kier alpha value is -2.61. The molecule has 0 saturated heterocycles. The first kappa shape index (κ1) is 20.7. The second-order valence-electron chi connectivity index (χ2n) is 6.72. The van der Waals surface area contributed by atoms with E-state index < -0.39 is 0 Å². The number of aryl methyl sites for hydroxylation is 1. The standard InChI is InChI=1S/C19H20ClN5OS/c1-19(2,3)16-11-25(9-5-8-21)18(27-16)24-17(23-12-22)14-10-13(20)6-7-15(14)26-4/h6-7,10-11H,5,9H2,1-4H3/b23-17+,24-18-. The third kappa shape index (κ3) is 5.19. The van der Waals surface area contributed by atoms with E-state index in [0.717, 1.165) is 4.88 Å². The van der Waals surface area contributed by atoms with Crippen molar-refractivity contribution in [3.8, 4) is 18.0 Å². The Labute approximate surface area is 167 Å². The highest BCUT2D eigenvalue weighted by Gasteiger charge is 2.18. The summed E-state index contributed by atoms with van der Waals surface area (Å²) in [5.41, 5.74) is 0.469. The minimum absolute atomic E-state index is 0.0624. The smallest absolute Gasteiger partial charge is 0.207 e. The zero-order valence-electron chi connectivity index (χ0n) is 15.7. The largest absolute Gasteiger partial charge is 0.496 e. The highest BCUT2D eigenvalue weighted by Crippen LogP contribution is 2.26. The molecule has 0 spiro atoms. The van der Waals surface area contributed by atoms with E-state index in [4.69, 9.17) is 26.9 Å². The molecular formula is C19H20ClN5OS. The van der Waals surface area contributed by atoms with Gasteiger partial charge in [0.25, 0.3) is 0 Å². The van der Waals surface area contributed by atoms with Crippen LogP contribution < -0.4 is 9.54 Å². The molecule has 0 aliphatic rings. The summed E-state index contributed by atoms with van der Waals surface area (Å²) in [6, 6.07) is 7.22. The second kappa shape index (κ2) is 8.85. The van der Waals surface area contributed by atoms with Gasteiger partial charge < -0.3 is 9.30 Å². The van der Waals surface area contributed by atoms with Gasteiger partial charge in [-0.1, -0.05) is 32.4 Å². The number of nitrogens with zero attached hydrogens (tertiary/aromatic N) is 5.